The van der Waals surface area contributed by atoms with E-state index in [9.17, 15) is 5.11 Å². The van der Waals surface area contributed by atoms with Crippen LogP contribution < -0.4 is 14.8 Å². The molecule has 2 aromatic rings. The molecule has 4 rings (SSSR count). The second-order valence-corrected chi connectivity index (χ2v) is 7.75. The molecule has 4 nitrogen and oxygen atoms in total. The fourth-order valence-corrected chi connectivity index (χ4v) is 4.34. The molecule has 2 aliphatic rings. The Kier molecular flexibility index (Phi) is 3.95. The second kappa shape index (κ2) is 6.08. The summed E-state index contributed by atoms with van der Waals surface area (Å²) in [5.41, 5.74) is 6.31. The van der Waals surface area contributed by atoms with Gasteiger partial charge in [0.05, 0.1) is 18.2 Å². The Labute approximate surface area is 160 Å². The Balaban J connectivity index is 2.04. The van der Waals surface area contributed by atoms with Crippen molar-refractivity contribution in [3.63, 3.8) is 0 Å². The molecule has 0 bridgehead atoms. The number of phenols is 1. The first-order valence-electron chi connectivity index (χ1n) is 9.19. The molecular formula is C23H25NO3. The predicted molar refractivity (Wildman–Crippen MR) is 110 cm³/mol. The average Bonchev–Trinajstić information content (AvgIpc) is 2.60. The molecule has 27 heavy (non-hydrogen) atoms. The average molecular weight is 363 g/mol. The van der Waals surface area contributed by atoms with Crippen LogP contribution in [0.25, 0.3) is 16.7 Å². The maximum Gasteiger partial charge on any atom is 0.172 e. The number of allylic oxidation sites excluding steroid dienone is 1. The van der Waals surface area contributed by atoms with E-state index in [0.717, 1.165) is 33.7 Å². The highest BCUT2D eigenvalue weighted by atomic mass is 16.5. The third kappa shape index (κ3) is 2.67. The number of fused-ring (bicyclic) bond motifs is 5. The molecule has 4 heteroatoms. The molecule has 1 atom stereocenters. The van der Waals surface area contributed by atoms with Crippen LogP contribution in [0, 0.1) is 0 Å². The molecule has 0 saturated carbocycles. The van der Waals surface area contributed by atoms with Crippen LogP contribution in [0.3, 0.4) is 0 Å². The van der Waals surface area contributed by atoms with Gasteiger partial charge >= 0.3 is 0 Å². The molecule has 2 aromatic carbocycles. The molecule has 0 fully saturated rings. The lowest BCUT2D eigenvalue weighted by molar-refractivity contribution is 0.204. The van der Waals surface area contributed by atoms with Crippen molar-refractivity contribution >= 4 is 11.3 Å². The molecule has 0 spiro atoms. The zero-order valence-corrected chi connectivity index (χ0v) is 16.2. The van der Waals surface area contributed by atoms with E-state index in [0.29, 0.717) is 12.2 Å². The smallest absolute Gasteiger partial charge is 0.172 e. The van der Waals surface area contributed by atoms with Gasteiger partial charge in [0.2, 0.25) is 0 Å². The van der Waals surface area contributed by atoms with Gasteiger partial charge in [0.25, 0.3) is 0 Å². The summed E-state index contributed by atoms with van der Waals surface area (Å²) < 4.78 is 11.9. The highest BCUT2D eigenvalue weighted by Crippen LogP contribution is 2.54. The lowest BCUT2D eigenvalue weighted by Gasteiger charge is -2.37. The first-order chi connectivity index (χ1) is 12.9. The van der Waals surface area contributed by atoms with E-state index >= 15 is 0 Å². The minimum Gasteiger partial charge on any atom is -0.504 e. The summed E-state index contributed by atoms with van der Waals surface area (Å²) in [6, 6.07) is 7.61. The molecule has 140 valence electrons. The van der Waals surface area contributed by atoms with Crippen LogP contribution in [0.2, 0.25) is 0 Å². The van der Waals surface area contributed by atoms with Crippen LogP contribution in [0.5, 0.6) is 17.2 Å². The SMILES string of the molecule is C=CCC1Oc2ccc(O)c(OC)c2-c2ccc3c(c21)C(C)=CC(C)(C)N3. The van der Waals surface area contributed by atoms with Crippen molar-refractivity contribution in [3.05, 3.63) is 54.1 Å². The summed E-state index contributed by atoms with van der Waals surface area (Å²) >= 11 is 0. The van der Waals surface area contributed by atoms with Gasteiger partial charge in [-0.25, -0.2) is 0 Å². The number of aromatic hydroxyl groups is 1. The summed E-state index contributed by atoms with van der Waals surface area (Å²) in [5.74, 6) is 1.27. The maximum absolute atomic E-state index is 10.3. The van der Waals surface area contributed by atoms with Gasteiger partial charge in [-0.3, -0.25) is 0 Å². The topological polar surface area (TPSA) is 50.7 Å². The van der Waals surface area contributed by atoms with Gasteiger partial charge in [0.15, 0.2) is 11.5 Å². The standard InChI is InChI=1S/C23H25NO3/c1-6-7-17-20-14(21-18(27-17)11-10-16(25)22(21)26-5)8-9-15-19(20)13(2)12-23(3,4)24-15/h6,8-12,17,24-25H,1,7H2,2-5H3. The second-order valence-electron chi connectivity index (χ2n) is 7.75. The molecule has 0 saturated heterocycles. The van der Waals surface area contributed by atoms with Crippen LogP contribution >= 0.6 is 0 Å². The molecule has 0 aromatic heterocycles. The number of nitrogens with one attached hydrogen (secondary N) is 1. The van der Waals surface area contributed by atoms with Crippen LogP contribution in [-0.2, 0) is 0 Å². The van der Waals surface area contributed by atoms with Gasteiger partial charge in [-0.15, -0.1) is 6.58 Å². The minimum atomic E-state index is -0.138. The third-order valence-corrected chi connectivity index (χ3v) is 5.22. The van der Waals surface area contributed by atoms with Crippen LogP contribution in [0.1, 0.15) is 44.4 Å². The van der Waals surface area contributed by atoms with Crippen molar-refractivity contribution < 1.29 is 14.6 Å². The zero-order chi connectivity index (χ0) is 19.3. The molecule has 1 unspecified atom stereocenters. The van der Waals surface area contributed by atoms with Crippen molar-refractivity contribution in [1.82, 2.24) is 0 Å². The van der Waals surface area contributed by atoms with E-state index in [1.54, 1.807) is 19.2 Å². The lowest BCUT2D eigenvalue weighted by Crippen LogP contribution is -2.32. The van der Waals surface area contributed by atoms with Gasteiger partial charge in [-0.1, -0.05) is 18.2 Å². The molecule has 0 aliphatic carbocycles. The fraction of sp³-hybridized carbons (Fsp3) is 0.304. The summed E-state index contributed by atoms with van der Waals surface area (Å²) in [4.78, 5) is 0. The number of anilines is 1. The first-order valence-corrected chi connectivity index (χ1v) is 9.19. The van der Waals surface area contributed by atoms with Crippen molar-refractivity contribution in [2.75, 3.05) is 12.4 Å². The van der Waals surface area contributed by atoms with Crippen molar-refractivity contribution in [1.29, 1.82) is 0 Å². The highest BCUT2D eigenvalue weighted by molar-refractivity contribution is 5.92. The Bertz CT molecular complexity index is 972. The molecule has 2 N–H and O–H groups in total. The third-order valence-electron chi connectivity index (χ3n) is 5.22. The summed E-state index contributed by atoms with van der Waals surface area (Å²) in [7, 11) is 1.57. The van der Waals surface area contributed by atoms with E-state index < -0.39 is 0 Å². The first kappa shape index (κ1) is 17.5. The van der Waals surface area contributed by atoms with Crippen molar-refractivity contribution in [2.24, 2.45) is 0 Å². The zero-order valence-electron chi connectivity index (χ0n) is 16.2. The number of benzene rings is 2. The van der Waals surface area contributed by atoms with Crippen LogP contribution in [-0.4, -0.2) is 17.8 Å². The van der Waals surface area contributed by atoms with E-state index in [1.807, 2.05) is 6.08 Å². The summed E-state index contributed by atoms with van der Waals surface area (Å²) in [5, 5.41) is 13.9. The number of methoxy groups -OCH3 is 1. The van der Waals surface area contributed by atoms with Gasteiger partial charge in [-0.2, -0.15) is 0 Å². The lowest BCUT2D eigenvalue weighted by atomic mass is 9.81. The molecule has 2 heterocycles. The Hall–Kier alpha value is -2.88. The number of hydrogen-bond acceptors (Lipinski definition) is 4. The summed E-state index contributed by atoms with van der Waals surface area (Å²) in [6.45, 7) is 10.4. The van der Waals surface area contributed by atoms with E-state index in [1.165, 1.54) is 5.57 Å². The number of hydrogen-bond donors (Lipinski definition) is 2. The van der Waals surface area contributed by atoms with E-state index in [2.05, 4.69) is 50.9 Å². The molecular weight excluding hydrogens is 338 g/mol. The Morgan fingerprint density at radius 2 is 2.04 bits per heavy atom. The van der Waals surface area contributed by atoms with Crippen molar-refractivity contribution in [3.8, 4) is 28.4 Å². The number of phenolic OH excluding ortho intramolecular Hbond substituents is 1. The fourth-order valence-electron chi connectivity index (χ4n) is 4.34. The monoisotopic (exact) mass is 363 g/mol. The number of ether oxygens (including phenoxy) is 2. The highest BCUT2D eigenvalue weighted by Gasteiger charge is 2.35. The predicted octanol–water partition coefficient (Wildman–Crippen LogP) is 5.68. The Morgan fingerprint density at radius 3 is 2.74 bits per heavy atom. The Morgan fingerprint density at radius 1 is 1.26 bits per heavy atom. The quantitative estimate of drug-likeness (QED) is 0.688. The van der Waals surface area contributed by atoms with Gasteiger partial charge in [0, 0.05) is 23.2 Å². The van der Waals surface area contributed by atoms with Crippen molar-refractivity contribution in [2.45, 2.75) is 38.8 Å². The van der Waals surface area contributed by atoms with E-state index in [-0.39, 0.29) is 17.4 Å². The molecule has 2 aliphatic heterocycles. The van der Waals surface area contributed by atoms with Gasteiger partial charge in [-0.05, 0) is 50.1 Å². The molecule has 0 radical (unpaired) electrons. The normalized spacial score (nSPS) is 18.8. The minimum absolute atomic E-state index is 0.108. The maximum atomic E-state index is 10.3. The van der Waals surface area contributed by atoms with Gasteiger partial charge in [0.1, 0.15) is 11.9 Å². The van der Waals surface area contributed by atoms with E-state index in [4.69, 9.17) is 9.47 Å². The summed E-state index contributed by atoms with van der Waals surface area (Å²) in [6.07, 6.45) is 4.69. The largest absolute Gasteiger partial charge is 0.504 e. The number of rotatable bonds is 3. The van der Waals surface area contributed by atoms with Crippen LogP contribution in [0.4, 0.5) is 5.69 Å². The van der Waals surface area contributed by atoms with Gasteiger partial charge < -0.3 is 19.9 Å². The molecule has 0 amide bonds. The van der Waals surface area contributed by atoms with Crippen LogP contribution in [0.15, 0.2) is 43.0 Å².